The lowest BCUT2D eigenvalue weighted by Gasteiger charge is -2.32. The van der Waals surface area contributed by atoms with Gasteiger partial charge in [0.1, 0.15) is 28.7 Å². The molecule has 7 nitrogen and oxygen atoms in total. The molecular weight excluding hydrogens is 478 g/mol. The van der Waals surface area contributed by atoms with Gasteiger partial charge in [0.25, 0.3) is 5.91 Å². The van der Waals surface area contributed by atoms with Crippen LogP contribution in [0.4, 0.5) is 10.1 Å². The van der Waals surface area contributed by atoms with E-state index in [9.17, 15) is 18.2 Å². The van der Waals surface area contributed by atoms with E-state index in [1.165, 1.54) is 12.1 Å². The Hall–Kier alpha value is -2.04. The molecule has 2 aromatic carbocycles. The summed E-state index contributed by atoms with van der Waals surface area (Å²) in [5.41, 5.74) is 4.79. The highest BCUT2D eigenvalue weighted by Gasteiger charge is 2.34. The Bertz CT molecular complexity index is 1030. The smallest absolute Gasteiger partial charge is 0.256 e. The maximum absolute atomic E-state index is 13.3. The van der Waals surface area contributed by atoms with Crippen molar-refractivity contribution in [2.24, 2.45) is 0 Å². The molecule has 3 N–H and O–H groups in total. The Morgan fingerprint density at radius 1 is 1.28 bits per heavy atom. The minimum absolute atomic E-state index is 0.246. The van der Waals surface area contributed by atoms with E-state index in [0.717, 1.165) is 16.1 Å². The monoisotopic (exact) mass is 500 g/mol. The lowest BCUT2D eigenvalue weighted by molar-refractivity contribution is -0.139. The van der Waals surface area contributed by atoms with Gasteiger partial charge in [0.05, 0.1) is 10.3 Å². The van der Waals surface area contributed by atoms with Crippen molar-refractivity contribution in [2.75, 3.05) is 25.0 Å². The van der Waals surface area contributed by atoms with Gasteiger partial charge in [-0.15, -0.1) is 23.2 Å². The molecule has 0 saturated carbocycles. The van der Waals surface area contributed by atoms with Crippen LogP contribution in [0, 0.1) is 12.7 Å². The largest absolute Gasteiger partial charge is 0.324 e. The number of aryl methyl sites for hydroxylation is 1. The minimum atomic E-state index is -1.52. The van der Waals surface area contributed by atoms with E-state index in [1.807, 2.05) is 6.92 Å². The van der Waals surface area contributed by atoms with Crippen LogP contribution >= 0.6 is 23.2 Å². The zero-order valence-corrected chi connectivity index (χ0v) is 19.6. The van der Waals surface area contributed by atoms with Gasteiger partial charge in [-0.1, -0.05) is 18.2 Å². The summed E-state index contributed by atoms with van der Waals surface area (Å²) in [5, 5.41) is 2.37. The zero-order valence-electron chi connectivity index (χ0n) is 17.2. The molecule has 11 heteroatoms. The van der Waals surface area contributed by atoms with Gasteiger partial charge in [-0.25, -0.2) is 18.7 Å². The molecule has 3 rings (SSSR count). The second-order valence-corrected chi connectivity index (χ2v) is 9.57. The Kier molecular flexibility index (Phi) is 8.61. The standard InChI is InChI=1S/C21H23Cl2FN4O3S/c1-13-5-6-16(27-19(29)12-28-21(30)20(23)17(22)11-25-28)10-18(13)32(31)26-8-7-14-3-2-4-15(24)9-14/h2-6,9-10,17,20,25-26H,7-8,11-12H2,1H3,(H,27,29). The van der Waals surface area contributed by atoms with Crippen LogP contribution in [0.2, 0.25) is 0 Å². The van der Waals surface area contributed by atoms with E-state index in [1.54, 1.807) is 30.3 Å². The molecule has 0 bridgehead atoms. The first kappa shape index (κ1) is 24.6. The van der Waals surface area contributed by atoms with Crippen molar-refractivity contribution in [2.45, 2.75) is 29.0 Å². The number of hydrogen-bond donors (Lipinski definition) is 3. The maximum Gasteiger partial charge on any atom is 0.256 e. The molecule has 1 saturated heterocycles. The highest BCUT2D eigenvalue weighted by atomic mass is 35.5. The maximum atomic E-state index is 13.3. The SMILES string of the molecule is Cc1ccc(NC(=O)CN2NCC(Cl)C(Cl)C2=O)cc1S(=O)NCCc1cccc(F)c1. The number of nitrogens with one attached hydrogen (secondary N) is 3. The second-order valence-electron chi connectivity index (χ2n) is 7.28. The van der Waals surface area contributed by atoms with E-state index in [2.05, 4.69) is 15.5 Å². The van der Waals surface area contributed by atoms with Gasteiger partial charge in [-0.2, -0.15) is 0 Å². The van der Waals surface area contributed by atoms with Crippen LogP contribution in [0.5, 0.6) is 0 Å². The van der Waals surface area contributed by atoms with Crippen molar-refractivity contribution in [1.29, 1.82) is 0 Å². The quantitative estimate of drug-likeness (QED) is 0.485. The molecule has 1 aliphatic rings. The predicted molar refractivity (Wildman–Crippen MR) is 123 cm³/mol. The van der Waals surface area contributed by atoms with Crippen LogP contribution < -0.4 is 15.5 Å². The third-order valence-corrected chi connectivity index (χ3v) is 7.14. The molecule has 2 aromatic rings. The van der Waals surface area contributed by atoms with Gasteiger partial charge in [0, 0.05) is 18.8 Å². The van der Waals surface area contributed by atoms with Crippen molar-refractivity contribution < 1.29 is 18.2 Å². The fourth-order valence-corrected chi connectivity index (χ4v) is 4.52. The van der Waals surface area contributed by atoms with Crippen molar-refractivity contribution in [3.63, 3.8) is 0 Å². The molecule has 172 valence electrons. The molecule has 1 aliphatic heterocycles. The topological polar surface area (TPSA) is 90.5 Å². The van der Waals surface area contributed by atoms with Crippen LogP contribution in [0.15, 0.2) is 47.4 Å². The Morgan fingerprint density at radius 3 is 2.81 bits per heavy atom. The minimum Gasteiger partial charge on any atom is -0.324 e. The molecule has 1 heterocycles. The number of anilines is 1. The van der Waals surface area contributed by atoms with Crippen molar-refractivity contribution in [3.8, 4) is 0 Å². The molecule has 3 atom stereocenters. The normalized spacial score (nSPS) is 19.6. The third kappa shape index (κ3) is 6.49. The first-order chi connectivity index (χ1) is 15.2. The lowest BCUT2D eigenvalue weighted by Crippen LogP contribution is -2.58. The molecule has 2 amide bonds. The summed E-state index contributed by atoms with van der Waals surface area (Å²) in [6.45, 7) is 2.22. The van der Waals surface area contributed by atoms with E-state index >= 15 is 0 Å². The number of rotatable bonds is 8. The van der Waals surface area contributed by atoms with Gasteiger partial charge in [0.2, 0.25) is 5.91 Å². The third-order valence-electron chi connectivity index (χ3n) is 4.81. The Balaban J connectivity index is 1.56. The number of benzene rings is 2. The summed E-state index contributed by atoms with van der Waals surface area (Å²) >= 11 is 11.9. The number of halogens is 3. The van der Waals surface area contributed by atoms with Gasteiger partial charge < -0.3 is 5.32 Å². The fourth-order valence-electron chi connectivity index (χ4n) is 3.10. The summed E-state index contributed by atoms with van der Waals surface area (Å²) in [6.07, 6.45) is 0.514. The van der Waals surface area contributed by atoms with Crippen LogP contribution in [0.25, 0.3) is 0 Å². The molecule has 0 radical (unpaired) electrons. The summed E-state index contributed by atoms with van der Waals surface area (Å²) in [7, 11) is -1.52. The van der Waals surface area contributed by atoms with Crippen LogP contribution in [0.1, 0.15) is 11.1 Å². The number of carbonyl (C=O) groups is 2. The second kappa shape index (κ2) is 11.2. The molecule has 0 aliphatic carbocycles. The van der Waals surface area contributed by atoms with Crippen LogP contribution in [-0.4, -0.2) is 51.4 Å². The predicted octanol–water partition coefficient (Wildman–Crippen LogP) is 2.49. The number of carbonyl (C=O) groups excluding carboxylic acids is 2. The van der Waals surface area contributed by atoms with Crippen LogP contribution in [0.3, 0.4) is 0 Å². The Labute approximate surface area is 198 Å². The average molecular weight is 501 g/mol. The molecule has 0 aromatic heterocycles. The summed E-state index contributed by atoms with van der Waals surface area (Å²) in [4.78, 5) is 25.0. The molecular formula is C21H23Cl2FN4O3S. The summed E-state index contributed by atoms with van der Waals surface area (Å²) in [6, 6.07) is 11.3. The first-order valence-corrected chi connectivity index (χ1v) is 11.9. The summed E-state index contributed by atoms with van der Waals surface area (Å²) < 4.78 is 28.9. The average Bonchev–Trinajstić information content (AvgIpc) is 2.75. The van der Waals surface area contributed by atoms with E-state index in [0.29, 0.717) is 23.5 Å². The fraction of sp³-hybridized carbons (Fsp3) is 0.333. The molecule has 0 spiro atoms. The Morgan fingerprint density at radius 2 is 2.06 bits per heavy atom. The van der Waals surface area contributed by atoms with Crippen molar-refractivity contribution in [1.82, 2.24) is 15.2 Å². The van der Waals surface area contributed by atoms with Gasteiger partial charge in [0.15, 0.2) is 0 Å². The lowest BCUT2D eigenvalue weighted by atomic mass is 10.1. The van der Waals surface area contributed by atoms with E-state index in [4.69, 9.17) is 23.2 Å². The summed E-state index contributed by atoms with van der Waals surface area (Å²) in [5.74, 6) is -1.22. The van der Waals surface area contributed by atoms with Crippen LogP contribution in [-0.2, 0) is 27.0 Å². The van der Waals surface area contributed by atoms with Crippen molar-refractivity contribution in [3.05, 3.63) is 59.4 Å². The van der Waals surface area contributed by atoms with E-state index < -0.39 is 33.6 Å². The van der Waals surface area contributed by atoms with Gasteiger partial charge >= 0.3 is 0 Å². The number of alkyl halides is 2. The highest BCUT2D eigenvalue weighted by molar-refractivity contribution is 7.83. The molecule has 1 fully saturated rings. The number of hydrazine groups is 1. The number of hydrogen-bond acceptors (Lipinski definition) is 4. The first-order valence-electron chi connectivity index (χ1n) is 9.88. The zero-order chi connectivity index (χ0) is 23.3. The molecule has 3 unspecified atom stereocenters. The van der Waals surface area contributed by atoms with Gasteiger partial charge in [-0.05, 0) is 48.7 Å². The molecule has 32 heavy (non-hydrogen) atoms. The number of nitrogens with zero attached hydrogens (tertiary/aromatic N) is 1. The number of amides is 2. The van der Waals surface area contributed by atoms with Crippen molar-refractivity contribution >= 4 is 51.7 Å². The van der Waals surface area contributed by atoms with E-state index in [-0.39, 0.29) is 18.9 Å². The highest BCUT2D eigenvalue weighted by Crippen LogP contribution is 2.19. The van der Waals surface area contributed by atoms with Gasteiger partial charge in [-0.3, -0.25) is 14.6 Å².